The molecular weight excluding hydrogens is 376 g/mol. The van der Waals surface area contributed by atoms with Gasteiger partial charge in [-0.2, -0.15) is 10.1 Å². The third-order valence-corrected chi connectivity index (χ3v) is 5.14. The summed E-state index contributed by atoms with van der Waals surface area (Å²) in [6.07, 6.45) is 2.01. The molecule has 142 valence electrons. The van der Waals surface area contributed by atoms with Crippen molar-refractivity contribution < 1.29 is 9.21 Å². The lowest BCUT2D eigenvalue weighted by Gasteiger charge is -2.04. The lowest BCUT2D eigenvalue weighted by Crippen LogP contribution is -2.06. The number of nitrogens with zero attached hydrogens (tertiary/aromatic N) is 5. The van der Waals surface area contributed by atoms with Crippen LogP contribution in [-0.4, -0.2) is 41.5 Å². The summed E-state index contributed by atoms with van der Waals surface area (Å²) in [7, 11) is 0. The zero-order chi connectivity index (χ0) is 19.5. The summed E-state index contributed by atoms with van der Waals surface area (Å²) >= 11 is 1.24. The SMILES string of the molecule is Cc1cc(C(=O)CSc2nnc(Cc3ccccc3)o2)c(C)n1-c1ncn[nH]1. The zero-order valence-corrected chi connectivity index (χ0v) is 16.2. The molecule has 0 aliphatic rings. The predicted octanol–water partition coefficient (Wildman–Crippen LogP) is 3.16. The Labute approximate surface area is 165 Å². The van der Waals surface area contributed by atoms with E-state index in [-0.39, 0.29) is 11.5 Å². The molecule has 0 aliphatic heterocycles. The molecule has 9 heteroatoms. The summed E-state index contributed by atoms with van der Waals surface area (Å²) < 4.78 is 7.52. The molecule has 0 aliphatic carbocycles. The smallest absolute Gasteiger partial charge is 0.277 e. The number of thioether (sulfide) groups is 1. The van der Waals surface area contributed by atoms with Crippen LogP contribution < -0.4 is 0 Å². The zero-order valence-electron chi connectivity index (χ0n) is 15.4. The third kappa shape index (κ3) is 3.74. The number of benzene rings is 1. The fourth-order valence-corrected chi connectivity index (χ4v) is 3.69. The van der Waals surface area contributed by atoms with E-state index in [1.54, 1.807) is 0 Å². The number of aromatic amines is 1. The van der Waals surface area contributed by atoms with Crippen LogP contribution in [0, 0.1) is 13.8 Å². The summed E-state index contributed by atoms with van der Waals surface area (Å²) in [6, 6.07) is 11.8. The van der Waals surface area contributed by atoms with E-state index in [2.05, 4.69) is 25.4 Å². The first-order valence-electron chi connectivity index (χ1n) is 8.69. The molecule has 0 unspecified atom stereocenters. The van der Waals surface area contributed by atoms with Crippen molar-refractivity contribution in [3.8, 4) is 5.95 Å². The fraction of sp³-hybridized carbons (Fsp3) is 0.211. The summed E-state index contributed by atoms with van der Waals surface area (Å²) in [5.74, 6) is 1.33. The number of ketones is 1. The molecule has 0 fully saturated rings. The van der Waals surface area contributed by atoms with Crippen LogP contribution in [0.25, 0.3) is 5.95 Å². The van der Waals surface area contributed by atoms with E-state index in [1.807, 2.05) is 54.8 Å². The van der Waals surface area contributed by atoms with Gasteiger partial charge in [0, 0.05) is 17.0 Å². The quantitative estimate of drug-likeness (QED) is 0.379. The van der Waals surface area contributed by atoms with Gasteiger partial charge in [-0.15, -0.1) is 10.2 Å². The molecule has 0 atom stereocenters. The van der Waals surface area contributed by atoms with E-state index in [0.29, 0.717) is 29.0 Å². The van der Waals surface area contributed by atoms with Gasteiger partial charge in [-0.25, -0.2) is 5.10 Å². The van der Waals surface area contributed by atoms with Gasteiger partial charge in [0.05, 0.1) is 12.2 Å². The third-order valence-electron chi connectivity index (χ3n) is 4.32. The Morgan fingerprint density at radius 3 is 2.79 bits per heavy atom. The van der Waals surface area contributed by atoms with Crippen LogP contribution in [0.15, 0.2) is 52.4 Å². The average molecular weight is 394 g/mol. The minimum Gasteiger partial charge on any atom is -0.416 e. The van der Waals surface area contributed by atoms with Crippen molar-refractivity contribution in [3.63, 3.8) is 0 Å². The number of carbonyl (C=O) groups is 1. The Morgan fingerprint density at radius 1 is 1.21 bits per heavy atom. The summed E-state index contributed by atoms with van der Waals surface area (Å²) in [5.41, 5.74) is 3.46. The lowest BCUT2D eigenvalue weighted by molar-refractivity contribution is 0.102. The largest absolute Gasteiger partial charge is 0.416 e. The van der Waals surface area contributed by atoms with Crippen molar-refractivity contribution in [1.29, 1.82) is 0 Å². The molecule has 8 nitrogen and oxygen atoms in total. The van der Waals surface area contributed by atoms with Crippen LogP contribution in [0.2, 0.25) is 0 Å². The van der Waals surface area contributed by atoms with Crippen LogP contribution in [-0.2, 0) is 6.42 Å². The van der Waals surface area contributed by atoms with Crippen LogP contribution in [0.1, 0.15) is 33.2 Å². The van der Waals surface area contributed by atoms with Gasteiger partial charge in [-0.1, -0.05) is 42.1 Å². The van der Waals surface area contributed by atoms with Gasteiger partial charge in [-0.05, 0) is 25.5 Å². The molecular formula is C19H18N6O2S. The second kappa shape index (κ2) is 7.81. The molecule has 1 N–H and O–H groups in total. The van der Waals surface area contributed by atoms with Crippen molar-refractivity contribution in [2.24, 2.45) is 0 Å². The predicted molar refractivity (Wildman–Crippen MR) is 104 cm³/mol. The van der Waals surface area contributed by atoms with E-state index in [0.717, 1.165) is 17.0 Å². The molecule has 0 radical (unpaired) electrons. The Morgan fingerprint density at radius 2 is 2.04 bits per heavy atom. The maximum atomic E-state index is 12.7. The highest BCUT2D eigenvalue weighted by molar-refractivity contribution is 7.99. The Balaban J connectivity index is 1.42. The monoisotopic (exact) mass is 394 g/mol. The van der Waals surface area contributed by atoms with E-state index in [4.69, 9.17) is 4.42 Å². The number of H-pyrrole nitrogens is 1. The molecule has 3 heterocycles. The highest BCUT2D eigenvalue weighted by atomic mass is 32.2. The Bertz CT molecular complexity index is 1090. The summed E-state index contributed by atoms with van der Waals surface area (Å²) in [4.78, 5) is 16.9. The Kier molecular flexibility index (Phi) is 5.07. The Hall–Kier alpha value is -3.20. The van der Waals surface area contributed by atoms with Crippen LogP contribution in [0.4, 0.5) is 0 Å². The topological polar surface area (TPSA) is 102 Å². The fourth-order valence-electron chi connectivity index (χ4n) is 3.02. The maximum absolute atomic E-state index is 12.7. The first-order valence-corrected chi connectivity index (χ1v) is 9.67. The number of hydrogen-bond acceptors (Lipinski definition) is 7. The van der Waals surface area contributed by atoms with Crippen molar-refractivity contribution in [1.82, 2.24) is 29.9 Å². The molecule has 0 saturated carbocycles. The van der Waals surface area contributed by atoms with Gasteiger partial charge in [0.15, 0.2) is 5.78 Å². The number of rotatable bonds is 7. The average Bonchev–Trinajstić information content (AvgIpc) is 3.42. The van der Waals surface area contributed by atoms with E-state index < -0.39 is 0 Å². The van der Waals surface area contributed by atoms with Gasteiger partial charge in [0.1, 0.15) is 6.33 Å². The molecule has 1 aromatic carbocycles. The summed E-state index contributed by atoms with van der Waals surface area (Å²) in [5, 5.41) is 15.2. The minimum atomic E-state index is -0.00771. The number of hydrogen-bond donors (Lipinski definition) is 1. The number of nitrogens with one attached hydrogen (secondary N) is 1. The van der Waals surface area contributed by atoms with Crippen molar-refractivity contribution in [2.75, 3.05) is 5.75 Å². The van der Waals surface area contributed by atoms with Crippen LogP contribution >= 0.6 is 11.8 Å². The van der Waals surface area contributed by atoms with Crippen LogP contribution in [0.5, 0.6) is 0 Å². The number of aryl methyl sites for hydroxylation is 1. The normalized spacial score (nSPS) is 11.1. The molecule has 0 bridgehead atoms. The lowest BCUT2D eigenvalue weighted by atomic mass is 10.2. The number of Topliss-reactive ketones (excluding diaryl/α,β-unsaturated/α-hetero) is 1. The summed E-state index contributed by atoms with van der Waals surface area (Å²) in [6.45, 7) is 3.81. The van der Waals surface area contributed by atoms with Gasteiger partial charge >= 0.3 is 0 Å². The van der Waals surface area contributed by atoms with E-state index >= 15 is 0 Å². The molecule has 4 rings (SSSR count). The maximum Gasteiger partial charge on any atom is 0.277 e. The molecule has 4 aromatic rings. The van der Waals surface area contributed by atoms with Gasteiger partial charge in [-0.3, -0.25) is 9.36 Å². The number of carbonyl (C=O) groups excluding carboxylic acids is 1. The molecule has 28 heavy (non-hydrogen) atoms. The molecule has 0 saturated heterocycles. The molecule has 3 aromatic heterocycles. The second-order valence-electron chi connectivity index (χ2n) is 6.27. The standard InChI is InChI=1S/C19H18N6O2S/c1-12-8-15(13(2)25(12)18-20-11-21-23-18)16(26)10-28-19-24-22-17(27-19)9-14-6-4-3-5-7-14/h3-8,11H,9-10H2,1-2H3,(H,20,21,23). The van der Waals surface area contributed by atoms with E-state index in [9.17, 15) is 4.79 Å². The molecule has 0 spiro atoms. The number of aromatic nitrogens is 6. The van der Waals surface area contributed by atoms with Crippen molar-refractivity contribution in [3.05, 3.63) is 71.1 Å². The molecule has 0 amide bonds. The van der Waals surface area contributed by atoms with Crippen molar-refractivity contribution >= 4 is 17.5 Å². The van der Waals surface area contributed by atoms with Crippen LogP contribution in [0.3, 0.4) is 0 Å². The highest BCUT2D eigenvalue weighted by Crippen LogP contribution is 2.23. The van der Waals surface area contributed by atoms with Crippen molar-refractivity contribution in [2.45, 2.75) is 25.5 Å². The highest BCUT2D eigenvalue weighted by Gasteiger charge is 2.19. The van der Waals surface area contributed by atoms with Gasteiger partial charge < -0.3 is 4.42 Å². The minimum absolute atomic E-state index is 0.00771. The van der Waals surface area contributed by atoms with Gasteiger partial charge in [0.25, 0.3) is 5.22 Å². The second-order valence-corrected chi connectivity index (χ2v) is 7.19. The first-order chi connectivity index (χ1) is 13.6. The first kappa shape index (κ1) is 18.2. The van der Waals surface area contributed by atoms with Gasteiger partial charge in [0.2, 0.25) is 11.8 Å². The van der Waals surface area contributed by atoms with E-state index in [1.165, 1.54) is 18.1 Å².